The molecular weight excluding hydrogens is 195 g/mol. The average molecular weight is 211 g/mol. The first-order valence-electron chi connectivity index (χ1n) is 3.95. The fourth-order valence-corrected chi connectivity index (χ4v) is 1.28. The van der Waals surface area contributed by atoms with Gasteiger partial charge in [-0.25, -0.2) is 0 Å². The molecule has 0 aromatic carbocycles. The van der Waals surface area contributed by atoms with Gasteiger partial charge in [0.05, 0.1) is 0 Å². The van der Waals surface area contributed by atoms with E-state index in [0.29, 0.717) is 11.8 Å². The standard InChI is InChI=1S/C9H16Cl2O/c1-8(2,5-10)7(12)9(3,4)6-11/h5-6H2,1-4H3. The van der Waals surface area contributed by atoms with E-state index in [-0.39, 0.29) is 5.78 Å². The summed E-state index contributed by atoms with van der Waals surface area (Å²) >= 11 is 11.4. The number of alkyl halides is 2. The first-order valence-corrected chi connectivity index (χ1v) is 5.01. The lowest BCUT2D eigenvalue weighted by Crippen LogP contribution is -2.39. The molecule has 0 radical (unpaired) electrons. The molecule has 0 saturated carbocycles. The van der Waals surface area contributed by atoms with Gasteiger partial charge < -0.3 is 0 Å². The van der Waals surface area contributed by atoms with E-state index >= 15 is 0 Å². The summed E-state index contributed by atoms with van der Waals surface area (Å²) in [6.45, 7) is 7.38. The lowest BCUT2D eigenvalue weighted by molar-refractivity contribution is -0.133. The van der Waals surface area contributed by atoms with Crippen LogP contribution in [0.2, 0.25) is 0 Å². The fraction of sp³-hybridized carbons (Fsp3) is 0.889. The maximum atomic E-state index is 11.8. The fourth-order valence-electron chi connectivity index (χ4n) is 1.04. The third-order valence-corrected chi connectivity index (χ3v) is 3.23. The molecule has 0 spiro atoms. The Morgan fingerprint density at radius 2 is 1.25 bits per heavy atom. The molecule has 0 atom stereocenters. The Kier molecular flexibility index (Phi) is 4.05. The highest BCUT2D eigenvalue weighted by Gasteiger charge is 2.37. The molecule has 0 rings (SSSR count). The second-order valence-electron chi connectivity index (χ2n) is 4.36. The van der Waals surface area contributed by atoms with Gasteiger partial charge in [0, 0.05) is 22.6 Å². The van der Waals surface area contributed by atoms with Gasteiger partial charge in [0.15, 0.2) is 0 Å². The number of halogens is 2. The van der Waals surface area contributed by atoms with Crippen LogP contribution in [-0.2, 0) is 4.79 Å². The largest absolute Gasteiger partial charge is 0.298 e. The maximum Gasteiger partial charge on any atom is 0.146 e. The molecule has 0 unspecified atom stereocenters. The molecule has 0 aliphatic carbocycles. The lowest BCUT2D eigenvalue weighted by Gasteiger charge is -2.30. The van der Waals surface area contributed by atoms with E-state index < -0.39 is 10.8 Å². The molecule has 3 heteroatoms. The van der Waals surface area contributed by atoms with Crippen molar-refractivity contribution in [2.24, 2.45) is 10.8 Å². The molecule has 0 bridgehead atoms. The molecule has 0 N–H and O–H groups in total. The summed E-state index contributed by atoms with van der Waals surface area (Å²) in [5.41, 5.74) is -0.945. The molecule has 0 aliphatic rings. The maximum absolute atomic E-state index is 11.8. The Hall–Kier alpha value is 0.250. The van der Waals surface area contributed by atoms with Crippen LogP contribution < -0.4 is 0 Å². The molecular formula is C9H16Cl2O. The summed E-state index contributed by atoms with van der Waals surface area (Å²) in [7, 11) is 0. The zero-order valence-corrected chi connectivity index (χ0v) is 9.59. The molecule has 0 amide bonds. The van der Waals surface area contributed by atoms with Gasteiger partial charge in [-0.3, -0.25) is 4.79 Å². The molecule has 72 valence electrons. The van der Waals surface area contributed by atoms with Gasteiger partial charge in [-0.1, -0.05) is 27.7 Å². The van der Waals surface area contributed by atoms with Crippen LogP contribution in [0.25, 0.3) is 0 Å². The highest BCUT2D eigenvalue weighted by atomic mass is 35.5. The van der Waals surface area contributed by atoms with Crippen molar-refractivity contribution >= 4 is 29.0 Å². The van der Waals surface area contributed by atoms with Crippen molar-refractivity contribution in [1.82, 2.24) is 0 Å². The monoisotopic (exact) mass is 210 g/mol. The van der Waals surface area contributed by atoms with Crippen molar-refractivity contribution in [3.63, 3.8) is 0 Å². The number of carbonyl (C=O) groups excluding carboxylic acids is 1. The SMILES string of the molecule is CC(C)(CCl)C(=O)C(C)(C)CCl. The summed E-state index contributed by atoms with van der Waals surface area (Å²) in [4.78, 5) is 11.8. The van der Waals surface area contributed by atoms with E-state index in [0.717, 1.165) is 0 Å². The minimum atomic E-state index is -0.472. The Bertz CT molecular complexity index is 155. The van der Waals surface area contributed by atoms with Gasteiger partial charge >= 0.3 is 0 Å². The van der Waals surface area contributed by atoms with E-state index in [2.05, 4.69) is 0 Å². The summed E-state index contributed by atoms with van der Waals surface area (Å²) in [6, 6.07) is 0. The minimum Gasteiger partial charge on any atom is -0.298 e. The summed E-state index contributed by atoms with van der Waals surface area (Å²) < 4.78 is 0. The van der Waals surface area contributed by atoms with E-state index in [1.54, 1.807) is 0 Å². The number of Topliss-reactive ketones (excluding diaryl/α,β-unsaturated/α-hetero) is 1. The van der Waals surface area contributed by atoms with Gasteiger partial charge in [0.2, 0.25) is 0 Å². The Morgan fingerprint density at radius 1 is 1.00 bits per heavy atom. The number of rotatable bonds is 4. The van der Waals surface area contributed by atoms with Gasteiger partial charge in [-0.05, 0) is 0 Å². The quantitative estimate of drug-likeness (QED) is 0.653. The first kappa shape index (κ1) is 12.2. The van der Waals surface area contributed by atoms with E-state index in [1.807, 2.05) is 27.7 Å². The van der Waals surface area contributed by atoms with E-state index in [9.17, 15) is 4.79 Å². The van der Waals surface area contributed by atoms with Crippen molar-refractivity contribution < 1.29 is 4.79 Å². The van der Waals surface area contributed by atoms with Gasteiger partial charge in [0.1, 0.15) is 5.78 Å². The van der Waals surface area contributed by atoms with Crippen molar-refractivity contribution in [3.05, 3.63) is 0 Å². The van der Waals surface area contributed by atoms with Crippen molar-refractivity contribution in [2.45, 2.75) is 27.7 Å². The molecule has 1 nitrogen and oxygen atoms in total. The van der Waals surface area contributed by atoms with Crippen LogP contribution in [0.4, 0.5) is 0 Å². The van der Waals surface area contributed by atoms with Crippen LogP contribution in [0.3, 0.4) is 0 Å². The van der Waals surface area contributed by atoms with E-state index in [1.165, 1.54) is 0 Å². The molecule has 12 heavy (non-hydrogen) atoms. The normalized spacial score (nSPS) is 13.2. The Morgan fingerprint density at radius 3 is 1.42 bits per heavy atom. The predicted molar refractivity (Wildman–Crippen MR) is 54.0 cm³/mol. The van der Waals surface area contributed by atoms with Crippen molar-refractivity contribution in [1.29, 1.82) is 0 Å². The average Bonchev–Trinajstić information content (AvgIpc) is 2.03. The second kappa shape index (κ2) is 3.97. The van der Waals surface area contributed by atoms with Crippen molar-refractivity contribution in [3.8, 4) is 0 Å². The smallest absolute Gasteiger partial charge is 0.146 e. The molecule has 0 heterocycles. The molecule has 0 saturated heterocycles. The number of carbonyl (C=O) groups is 1. The van der Waals surface area contributed by atoms with Gasteiger partial charge in [0.25, 0.3) is 0 Å². The summed E-state index contributed by atoms with van der Waals surface area (Å²) in [6.07, 6.45) is 0. The first-order chi connectivity index (χ1) is 5.28. The molecule has 0 fully saturated rings. The van der Waals surface area contributed by atoms with Crippen LogP contribution in [0, 0.1) is 10.8 Å². The summed E-state index contributed by atoms with van der Waals surface area (Å²) in [5.74, 6) is 0.804. The summed E-state index contributed by atoms with van der Waals surface area (Å²) in [5, 5.41) is 0. The van der Waals surface area contributed by atoms with Gasteiger partial charge in [-0.2, -0.15) is 0 Å². The van der Waals surface area contributed by atoms with Crippen LogP contribution >= 0.6 is 23.2 Å². The van der Waals surface area contributed by atoms with Crippen LogP contribution in [0.15, 0.2) is 0 Å². The third-order valence-electron chi connectivity index (χ3n) is 1.90. The highest BCUT2D eigenvalue weighted by molar-refractivity contribution is 6.22. The number of ketones is 1. The molecule has 0 aromatic rings. The van der Waals surface area contributed by atoms with Gasteiger partial charge in [-0.15, -0.1) is 23.2 Å². The van der Waals surface area contributed by atoms with Crippen LogP contribution in [0.1, 0.15) is 27.7 Å². The third kappa shape index (κ3) is 2.63. The highest BCUT2D eigenvalue weighted by Crippen LogP contribution is 2.31. The predicted octanol–water partition coefficient (Wildman–Crippen LogP) is 3.09. The minimum absolute atomic E-state index is 0.125. The molecule has 0 aromatic heterocycles. The van der Waals surface area contributed by atoms with Crippen LogP contribution in [0.5, 0.6) is 0 Å². The Balaban J connectivity index is 4.60. The number of hydrogen-bond acceptors (Lipinski definition) is 1. The van der Waals surface area contributed by atoms with E-state index in [4.69, 9.17) is 23.2 Å². The second-order valence-corrected chi connectivity index (χ2v) is 4.90. The zero-order valence-electron chi connectivity index (χ0n) is 8.08. The lowest BCUT2D eigenvalue weighted by atomic mass is 9.76. The van der Waals surface area contributed by atoms with Crippen molar-refractivity contribution in [2.75, 3.05) is 11.8 Å². The Labute approximate surface area is 84.4 Å². The topological polar surface area (TPSA) is 17.1 Å². The number of hydrogen-bond donors (Lipinski definition) is 0. The van der Waals surface area contributed by atoms with Crippen LogP contribution in [-0.4, -0.2) is 17.5 Å². The zero-order chi connectivity index (χ0) is 9.99. The molecule has 0 aliphatic heterocycles.